The van der Waals surface area contributed by atoms with Gasteiger partial charge in [0, 0.05) is 18.0 Å². The monoisotopic (exact) mass is 264 g/mol. The largest absolute Gasteiger partial charge is 0.494 e. The van der Waals surface area contributed by atoms with Gasteiger partial charge in [0.15, 0.2) is 0 Å². The molecule has 2 aromatic carbocycles. The van der Waals surface area contributed by atoms with Gasteiger partial charge in [-0.1, -0.05) is 30.3 Å². The molecule has 0 saturated carbocycles. The molecular formula is C17H16N2O. The fraction of sp³-hybridized carbons (Fsp3) is 0.118. The zero-order chi connectivity index (χ0) is 13.8. The lowest BCUT2D eigenvalue weighted by atomic mass is 10.0. The topological polar surface area (TPSA) is 27.1 Å². The summed E-state index contributed by atoms with van der Waals surface area (Å²) >= 11 is 0. The van der Waals surface area contributed by atoms with E-state index < -0.39 is 0 Å². The van der Waals surface area contributed by atoms with E-state index in [0.717, 1.165) is 22.6 Å². The van der Waals surface area contributed by atoms with Crippen molar-refractivity contribution in [1.29, 1.82) is 0 Å². The highest BCUT2D eigenvalue weighted by Gasteiger charge is 2.08. The first kappa shape index (κ1) is 12.5. The summed E-state index contributed by atoms with van der Waals surface area (Å²) in [6.07, 6.45) is 5.54. The molecule has 1 heterocycles. The molecule has 0 atom stereocenters. The van der Waals surface area contributed by atoms with Crippen LogP contribution in [0.2, 0.25) is 0 Å². The summed E-state index contributed by atoms with van der Waals surface area (Å²) in [7, 11) is 0. The highest BCUT2D eigenvalue weighted by Crippen LogP contribution is 2.30. The Kier molecular flexibility index (Phi) is 3.50. The minimum Gasteiger partial charge on any atom is -0.494 e. The zero-order valence-corrected chi connectivity index (χ0v) is 11.4. The van der Waals surface area contributed by atoms with Crippen LogP contribution in [-0.2, 0) is 0 Å². The van der Waals surface area contributed by atoms with E-state index in [4.69, 9.17) is 4.74 Å². The van der Waals surface area contributed by atoms with Crippen molar-refractivity contribution in [2.24, 2.45) is 0 Å². The predicted molar refractivity (Wildman–Crippen MR) is 80.2 cm³/mol. The summed E-state index contributed by atoms with van der Waals surface area (Å²) in [5.74, 6) is 0.884. The van der Waals surface area contributed by atoms with E-state index in [9.17, 15) is 0 Å². The van der Waals surface area contributed by atoms with Crippen LogP contribution in [0.25, 0.3) is 16.8 Å². The maximum atomic E-state index is 5.62. The zero-order valence-electron chi connectivity index (χ0n) is 11.4. The van der Waals surface area contributed by atoms with E-state index >= 15 is 0 Å². The fourth-order valence-electron chi connectivity index (χ4n) is 2.25. The molecule has 0 bridgehead atoms. The Hall–Kier alpha value is -2.55. The molecule has 3 nitrogen and oxygen atoms in total. The minimum atomic E-state index is 0.665. The van der Waals surface area contributed by atoms with Gasteiger partial charge >= 0.3 is 0 Å². The molecule has 0 fully saturated rings. The molecule has 0 spiro atoms. The standard InChI is InChI=1S/C17H16N2O/c1-2-20-15-8-9-17(19-11-10-18-13-19)16(12-15)14-6-4-3-5-7-14/h3-13H,2H2,1H3. The third-order valence-corrected chi connectivity index (χ3v) is 3.15. The van der Waals surface area contributed by atoms with Crippen LogP contribution in [-0.4, -0.2) is 16.2 Å². The lowest BCUT2D eigenvalue weighted by molar-refractivity contribution is 0.340. The second-order valence-corrected chi connectivity index (χ2v) is 4.45. The first-order chi connectivity index (χ1) is 9.88. The van der Waals surface area contributed by atoms with Gasteiger partial charge in [-0.3, -0.25) is 0 Å². The molecule has 3 aromatic rings. The molecular weight excluding hydrogens is 248 g/mol. The lowest BCUT2D eigenvalue weighted by Crippen LogP contribution is -1.97. The van der Waals surface area contributed by atoms with E-state index in [-0.39, 0.29) is 0 Å². The number of rotatable bonds is 4. The van der Waals surface area contributed by atoms with Crippen molar-refractivity contribution in [3.63, 3.8) is 0 Å². The molecule has 0 amide bonds. The molecule has 3 heteroatoms. The normalized spacial score (nSPS) is 10.4. The summed E-state index contributed by atoms with van der Waals surface area (Å²) in [5.41, 5.74) is 3.39. The first-order valence-corrected chi connectivity index (χ1v) is 6.69. The number of nitrogens with zero attached hydrogens (tertiary/aromatic N) is 2. The van der Waals surface area contributed by atoms with Gasteiger partial charge in [0.25, 0.3) is 0 Å². The van der Waals surface area contributed by atoms with Crippen LogP contribution in [0.4, 0.5) is 0 Å². The molecule has 0 aliphatic rings. The first-order valence-electron chi connectivity index (χ1n) is 6.69. The SMILES string of the molecule is CCOc1ccc(-n2ccnc2)c(-c2ccccc2)c1. The highest BCUT2D eigenvalue weighted by atomic mass is 16.5. The average Bonchev–Trinajstić information content (AvgIpc) is 3.03. The minimum absolute atomic E-state index is 0.665. The van der Waals surface area contributed by atoms with E-state index in [1.54, 1.807) is 6.20 Å². The van der Waals surface area contributed by atoms with Crippen LogP contribution < -0.4 is 4.74 Å². The number of hydrogen-bond donors (Lipinski definition) is 0. The average molecular weight is 264 g/mol. The number of aromatic nitrogens is 2. The Morgan fingerprint density at radius 3 is 2.65 bits per heavy atom. The molecule has 0 N–H and O–H groups in total. The molecule has 1 aromatic heterocycles. The quantitative estimate of drug-likeness (QED) is 0.713. The molecule has 0 radical (unpaired) electrons. The van der Waals surface area contributed by atoms with Crippen LogP contribution in [0.15, 0.2) is 67.3 Å². The summed E-state index contributed by atoms with van der Waals surface area (Å²) in [5, 5.41) is 0. The van der Waals surface area contributed by atoms with Gasteiger partial charge in [-0.25, -0.2) is 4.98 Å². The van der Waals surface area contributed by atoms with E-state index in [2.05, 4.69) is 29.2 Å². The molecule has 0 unspecified atom stereocenters. The molecule has 100 valence electrons. The number of benzene rings is 2. The lowest BCUT2D eigenvalue weighted by Gasteiger charge is -2.13. The molecule has 0 aliphatic carbocycles. The van der Waals surface area contributed by atoms with Gasteiger partial charge in [0.2, 0.25) is 0 Å². The van der Waals surface area contributed by atoms with Crippen LogP contribution in [0, 0.1) is 0 Å². The Morgan fingerprint density at radius 1 is 1.10 bits per heavy atom. The molecule has 20 heavy (non-hydrogen) atoms. The van der Waals surface area contributed by atoms with Crippen LogP contribution in [0.3, 0.4) is 0 Å². The maximum absolute atomic E-state index is 5.62. The Labute approximate surface area is 118 Å². The molecule has 0 aliphatic heterocycles. The smallest absolute Gasteiger partial charge is 0.120 e. The maximum Gasteiger partial charge on any atom is 0.120 e. The third kappa shape index (κ3) is 2.43. The van der Waals surface area contributed by atoms with Gasteiger partial charge in [-0.05, 0) is 30.7 Å². The fourth-order valence-corrected chi connectivity index (χ4v) is 2.25. The van der Waals surface area contributed by atoms with Gasteiger partial charge in [-0.2, -0.15) is 0 Å². The van der Waals surface area contributed by atoms with Crippen LogP contribution in [0.1, 0.15) is 6.92 Å². The van der Waals surface area contributed by atoms with Gasteiger partial charge < -0.3 is 9.30 Å². The van der Waals surface area contributed by atoms with Crippen molar-refractivity contribution in [1.82, 2.24) is 9.55 Å². The van der Waals surface area contributed by atoms with Gasteiger partial charge in [0.1, 0.15) is 5.75 Å². The van der Waals surface area contributed by atoms with Crippen molar-refractivity contribution >= 4 is 0 Å². The van der Waals surface area contributed by atoms with Crippen molar-refractivity contribution in [2.75, 3.05) is 6.61 Å². The van der Waals surface area contributed by atoms with E-state index in [1.807, 2.05) is 48.3 Å². The second kappa shape index (κ2) is 5.61. The van der Waals surface area contributed by atoms with Crippen molar-refractivity contribution in [3.05, 3.63) is 67.3 Å². The molecule has 0 saturated heterocycles. The number of hydrogen-bond acceptors (Lipinski definition) is 2. The van der Waals surface area contributed by atoms with Crippen molar-refractivity contribution < 1.29 is 4.74 Å². The summed E-state index contributed by atoms with van der Waals surface area (Å²) in [6, 6.07) is 16.4. The second-order valence-electron chi connectivity index (χ2n) is 4.45. The predicted octanol–water partition coefficient (Wildman–Crippen LogP) is 3.94. The molecule has 3 rings (SSSR count). The summed E-state index contributed by atoms with van der Waals surface area (Å²) in [6.45, 7) is 2.66. The van der Waals surface area contributed by atoms with E-state index in [0.29, 0.717) is 6.61 Å². The highest BCUT2D eigenvalue weighted by molar-refractivity contribution is 5.74. The van der Waals surface area contributed by atoms with Crippen LogP contribution >= 0.6 is 0 Å². The Bertz CT molecular complexity index is 675. The van der Waals surface area contributed by atoms with Gasteiger partial charge in [-0.15, -0.1) is 0 Å². The number of ether oxygens (including phenoxy) is 1. The summed E-state index contributed by atoms with van der Waals surface area (Å²) in [4.78, 5) is 4.12. The van der Waals surface area contributed by atoms with Crippen molar-refractivity contribution in [3.8, 4) is 22.6 Å². The van der Waals surface area contributed by atoms with Crippen molar-refractivity contribution in [2.45, 2.75) is 6.92 Å². The van der Waals surface area contributed by atoms with E-state index in [1.165, 1.54) is 0 Å². The Balaban J connectivity index is 2.15. The van der Waals surface area contributed by atoms with Gasteiger partial charge in [0.05, 0.1) is 18.6 Å². The number of imidazole rings is 1. The summed E-state index contributed by atoms with van der Waals surface area (Å²) < 4.78 is 7.63. The Morgan fingerprint density at radius 2 is 1.95 bits per heavy atom. The van der Waals surface area contributed by atoms with Crippen LogP contribution in [0.5, 0.6) is 5.75 Å². The third-order valence-electron chi connectivity index (χ3n) is 3.15.